The summed E-state index contributed by atoms with van der Waals surface area (Å²) in [6, 6.07) is 7.35. The maximum absolute atomic E-state index is 12.7. The molecule has 4 rings (SSSR count). The van der Waals surface area contributed by atoms with Crippen LogP contribution in [0.4, 0.5) is 10.5 Å². The lowest BCUT2D eigenvalue weighted by atomic mass is 9.72. The van der Waals surface area contributed by atoms with E-state index in [2.05, 4.69) is 5.32 Å². The third kappa shape index (κ3) is 4.50. The maximum Gasteiger partial charge on any atom is 0.321 e. The Kier molecular flexibility index (Phi) is 5.94. The minimum Gasteiger partial charge on any atom is -0.495 e. The third-order valence-electron chi connectivity index (χ3n) is 6.66. The van der Waals surface area contributed by atoms with Gasteiger partial charge in [-0.25, -0.2) is 4.79 Å². The van der Waals surface area contributed by atoms with Crippen molar-refractivity contribution in [3.8, 4) is 5.75 Å². The van der Waals surface area contributed by atoms with E-state index in [-0.39, 0.29) is 23.5 Å². The van der Waals surface area contributed by atoms with E-state index in [0.29, 0.717) is 30.9 Å². The molecule has 3 saturated heterocycles. The van der Waals surface area contributed by atoms with Crippen LogP contribution in [0, 0.1) is 5.41 Å². The van der Waals surface area contributed by atoms with Gasteiger partial charge in [0.25, 0.3) is 0 Å². The third-order valence-corrected chi connectivity index (χ3v) is 6.66. The van der Waals surface area contributed by atoms with Crippen molar-refractivity contribution in [2.75, 3.05) is 45.2 Å². The number of para-hydroxylation sites is 2. The number of ether oxygens (including phenoxy) is 2. The van der Waals surface area contributed by atoms with Gasteiger partial charge >= 0.3 is 6.03 Å². The fourth-order valence-electron chi connectivity index (χ4n) is 4.84. The van der Waals surface area contributed by atoms with Gasteiger partial charge in [-0.2, -0.15) is 0 Å². The Morgan fingerprint density at radius 2 is 2.07 bits per heavy atom. The van der Waals surface area contributed by atoms with Crippen LogP contribution in [0.5, 0.6) is 5.75 Å². The van der Waals surface area contributed by atoms with Gasteiger partial charge in [0.2, 0.25) is 5.91 Å². The summed E-state index contributed by atoms with van der Waals surface area (Å²) in [5.41, 5.74) is 0.819. The van der Waals surface area contributed by atoms with E-state index in [9.17, 15) is 9.59 Å². The molecule has 3 fully saturated rings. The molecule has 1 aromatic rings. The molecular formula is C22H31N3O4. The molecule has 7 nitrogen and oxygen atoms in total. The summed E-state index contributed by atoms with van der Waals surface area (Å²) in [4.78, 5) is 29.1. The topological polar surface area (TPSA) is 71.1 Å². The highest BCUT2D eigenvalue weighted by Crippen LogP contribution is 2.40. The lowest BCUT2D eigenvalue weighted by Crippen LogP contribution is -2.54. The Balaban J connectivity index is 1.33. The van der Waals surface area contributed by atoms with Gasteiger partial charge in [0.15, 0.2) is 0 Å². The second-order valence-electron chi connectivity index (χ2n) is 8.53. The summed E-state index contributed by atoms with van der Waals surface area (Å²) in [7, 11) is 1.60. The highest BCUT2D eigenvalue weighted by atomic mass is 16.5. The van der Waals surface area contributed by atoms with Crippen LogP contribution in [0.25, 0.3) is 0 Å². The van der Waals surface area contributed by atoms with Gasteiger partial charge in [0.05, 0.1) is 18.9 Å². The molecule has 3 aliphatic heterocycles. The Morgan fingerprint density at radius 1 is 1.28 bits per heavy atom. The van der Waals surface area contributed by atoms with Crippen LogP contribution in [-0.2, 0) is 9.53 Å². The van der Waals surface area contributed by atoms with Crippen molar-refractivity contribution < 1.29 is 19.1 Å². The molecule has 1 aromatic carbocycles. The smallest absolute Gasteiger partial charge is 0.321 e. The summed E-state index contributed by atoms with van der Waals surface area (Å²) in [6.07, 6.45) is 5.74. The van der Waals surface area contributed by atoms with Gasteiger partial charge in [-0.05, 0) is 49.7 Å². The molecule has 0 bridgehead atoms. The van der Waals surface area contributed by atoms with Crippen molar-refractivity contribution in [2.45, 2.75) is 44.6 Å². The molecule has 3 amide bonds. The first-order valence-electron chi connectivity index (χ1n) is 10.7. The van der Waals surface area contributed by atoms with E-state index < -0.39 is 0 Å². The largest absolute Gasteiger partial charge is 0.495 e. The average molecular weight is 402 g/mol. The van der Waals surface area contributed by atoms with E-state index in [1.807, 2.05) is 34.1 Å². The van der Waals surface area contributed by atoms with Gasteiger partial charge in [-0.1, -0.05) is 12.1 Å². The maximum atomic E-state index is 12.7. The lowest BCUT2D eigenvalue weighted by molar-refractivity contribution is -0.140. The number of carbonyl (C=O) groups excluding carboxylic acids is 2. The summed E-state index contributed by atoms with van der Waals surface area (Å²) in [5, 5.41) is 2.97. The Labute approximate surface area is 172 Å². The number of methoxy groups -OCH3 is 1. The first-order chi connectivity index (χ1) is 14.1. The summed E-state index contributed by atoms with van der Waals surface area (Å²) < 4.78 is 11.1. The highest BCUT2D eigenvalue weighted by Gasteiger charge is 2.42. The first kappa shape index (κ1) is 20.0. The number of hydrogen-bond acceptors (Lipinski definition) is 4. The highest BCUT2D eigenvalue weighted by molar-refractivity contribution is 5.91. The van der Waals surface area contributed by atoms with Crippen LogP contribution < -0.4 is 10.1 Å². The molecule has 0 radical (unpaired) electrons. The molecule has 7 heteroatoms. The van der Waals surface area contributed by atoms with Crippen LogP contribution in [0.15, 0.2) is 24.3 Å². The van der Waals surface area contributed by atoms with Gasteiger partial charge < -0.3 is 24.6 Å². The van der Waals surface area contributed by atoms with Crippen LogP contribution in [-0.4, -0.2) is 67.7 Å². The Bertz CT molecular complexity index is 739. The molecule has 0 aliphatic carbocycles. The number of nitrogens with zero attached hydrogens (tertiary/aromatic N) is 2. The van der Waals surface area contributed by atoms with E-state index in [4.69, 9.17) is 9.47 Å². The molecule has 3 heterocycles. The predicted octanol–water partition coefficient (Wildman–Crippen LogP) is 3.11. The molecule has 158 valence electrons. The lowest BCUT2D eigenvalue weighted by Gasteiger charge is -2.47. The van der Waals surface area contributed by atoms with E-state index >= 15 is 0 Å². The van der Waals surface area contributed by atoms with Crippen molar-refractivity contribution >= 4 is 17.6 Å². The minimum atomic E-state index is -0.0903. The molecule has 1 unspecified atom stereocenters. The van der Waals surface area contributed by atoms with Crippen molar-refractivity contribution in [1.29, 1.82) is 0 Å². The number of carbonyl (C=O) groups is 2. The average Bonchev–Trinajstić information content (AvgIpc) is 3.25. The monoisotopic (exact) mass is 401 g/mol. The van der Waals surface area contributed by atoms with E-state index in [0.717, 1.165) is 51.8 Å². The Hall–Kier alpha value is -2.28. The zero-order valence-electron chi connectivity index (χ0n) is 17.2. The van der Waals surface area contributed by atoms with Crippen LogP contribution in [0.2, 0.25) is 0 Å². The van der Waals surface area contributed by atoms with Crippen LogP contribution in [0.3, 0.4) is 0 Å². The quantitative estimate of drug-likeness (QED) is 0.842. The Morgan fingerprint density at radius 3 is 2.79 bits per heavy atom. The van der Waals surface area contributed by atoms with E-state index in [1.54, 1.807) is 7.11 Å². The number of amides is 3. The number of piperidine rings is 2. The normalized spacial score (nSPS) is 24.0. The number of likely N-dealkylation sites (tertiary alicyclic amines) is 2. The fourth-order valence-corrected chi connectivity index (χ4v) is 4.84. The molecule has 0 saturated carbocycles. The second-order valence-corrected chi connectivity index (χ2v) is 8.53. The zero-order chi connectivity index (χ0) is 20.3. The van der Waals surface area contributed by atoms with Gasteiger partial charge in [-0.15, -0.1) is 0 Å². The predicted molar refractivity (Wildman–Crippen MR) is 110 cm³/mol. The number of anilines is 1. The standard InChI is InChI=1S/C22H31N3O4/c1-28-19-7-3-2-6-18(19)23-21(27)24-12-10-22(11-13-24)9-8-20(26)25(16-22)15-17-5-4-14-29-17/h2-3,6-7,17H,4-5,8-16H2,1H3,(H,23,27). The van der Waals surface area contributed by atoms with Gasteiger partial charge in [-0.3, -0.25) is 4.79 Å². The molecule has 0 aromatic heterocycles. The molecule has 1 spiro atoms. The number of urea groups is 1. The van der Waals surface area contributed by atoms with E-state index in [1.165, 1.54) is 0 Å². The fraction of sp³-hybridized carbons (Fsp3) is 0.636. The second kappa shape index (κ2) is 8.61. The molecule has 1 atom stereocenters. The number of nitrogens with one attached hydrogen (secondary N) is 1. The minimum absolute atomic E-state index is 0.0903. The summed E-state index contributed by atoms with van der Waals surface area (Å²) in [5.74, 6) is 0.910. The van der Waals surface area contributed by atoms with Crippen molar-refractivity contribution in [2.24, 2.45) is 5.41 Å². The zero-order valence-corrected chi connectivity index (χ0v) is 17.2. The molecule has 29 heavy (non-hydrogen) atoms. The molecule has 1 N–H and O–H groups in total. The van der Waals surface area contributed by atoms with Crippen molar-refractivity contribution in [3.63, 3.8) is 0 Å². The van der Waals surface area contributed by atoms with Gasteiger partial charge in [0, 0.05) is 39.2 Å². The SMILES string of the molecule is COc1ccccc1NC(=O)N1CCC2(CCC(=O)N(CC3CCCO3)C2)CC1. The molecule has 3 aliphatic rings. The number of hydrogen-bond donors (Lipinski definition) is 1. The summed E-state index contributed by atoms with van der Waals surface area (Å²) >= 11 is 0. The van der Waals surface area contributed by atoms with Crippen LogP contribution >= 0.6 is 0 Å². The van der Waals surface area contributed by atoms with Crippen molar-refractivity contribution in [1.82, 2.24) is 9.80 Å². The molecular weight excluding hydrogens is 370 g/mol. The number of rotatable bonds is 4. The van der Waals surface area contributed by atoms with Crippen molar-refractivity contribution in [3.05, 3.63) is 24.3 Å². The summed E-state index contributed by atoms with van der Waals surface area (Å²) in [6.45, 7) is 3.76. The van der Waals surface area contributed by atoms with Gasteiger partial charge in [0.1, 0.15) is 5.75 Å². The number of benzene rings is 1. The first-order valence-corrected chi connectivity index (χ1v) is 10.7. The van der Waals surface area contributed by atoms with Crippen LogP contribution in [0.1, 0.15) is 38.5 Å².